The molecule has 4 heterocycles. The van der Waals surface area contributed by atoms with Crippen molar-refractivity contribution in [3.8, 4) is 45.5 Å². The third-order valence-electron chi connectivity index (χ3n) is 8.83. The summed E-state index contributed by atoms with van der Waals surface area (Å²) in [6.45, 7) is 15.5. The highest BCUT2D eigenvalue weighted by Gasteiger charge is 2.41. The van der Waals surface area contributed by atoms with Crippen LogP contribution >= 0.6 is 0 Å². The lowest BCUT2D eigenvalue weighted by atomic mass is 9.34. The topological polar surface area (TPSA) is 44.2 Å². The summed E-state index contributed by atoms with van der Waals surface area (Å²) < 4.78 is 13.3. The zero-order valence-corrected chi connectivity index (χ0v) is 26.0. The van der Waals surface area contributed by atoms with Crippen LogP contribution in [0.1, 0.15) is 77.0 Å². The SMILES string of the molecule is CC(C)c1ccnc(-c2ccc3c(c2)B2c4cc(-c5cc(C(C)C)ccn5)ccc4Oc4cc(C(C)(C)C)cc(c42)O3)c1. The Morgan fingerprint density at radius 3 is 1.47 bits per heavy atom. The van der Waals surface area contributed by atoms with E-state index in [4.69, 9.17) is 19.4 Å². The summed E-state index contributed by atoms with van der Waals surface area (Å²) in [5, 5.41) is 0. The van der Waals surface area contributed by atoms with Crippen molar-refractivity contribution in [2.24, 2.45) is 0 Å². The van der Waals surface area contributed by atoms with Crippen molar-refractivity contribution >= 4 is 23.1 Å². The normalized spacial score (nSPS) is 13.3. The second-order valence-electron chi connectivity index (χ2n) is 13.5. The fourth-order valence-corrected chi connectivity index (χ4v) is 6.18. The van der Waals surface area contributed by atoms with E-state index in [0.717, 1.165) is 61.9 Å². The van der Waals surface area contributed by atoms with E-state index in [2.05, 4.69) is 121 Å². The molecule has 2 aromatic heterocycles. The minimum Gasteiger partial charge on any atom is -0.458 e. The molecule has 0 atom stereocenters. The van der Waals surface area contributed by atoms with Gasteiger partial charge in [0.25, 0.3) is 6.71 Å². The van der Waals surface area contributed by atoms with Crippen LogP contribution in [-0.4, -0.2) is 16.7 Å². The second kappa shape index (κ2) is 10.1. The highest BCUT2D eigenvalue weighted by Crippen LogP contribution is 2.39. The minimum absolute atomic E-state index is 0.0482. The molecule has 0 radical (unpaired) electrons. The number of nitrogens with zero attached hydrogens (tertiary/aromatic N) is 2. The van der Waals surface area contributed by atoms with Crippen molar-refractivity contribution in [3.05, 3.63) is 102 Å². The Hall–Kier alpha value is -4.38. The molecule has 0 bridgehead atoms. The van der Waals surface area contributed by atoms with Gasteiger partial charge < -0.3 is 9.47 Å². The zero-order valence-electron chi connectivity index (χ0n) is 26.0. The molecule has 0 fully saturated rings. The van der Waals surface area contributed by atoms with Crippen molar-refractivity contribution in [1.29, 1.82) is 0 Å². The quantitative estimate of drug-likeness (QED) is 0.203. The Morgan fingerprint density at radius 1 is 0.581 bits per heavy atom. The molecule has 0 N–H and O–H groups in total. The molecule has 43 heavy (non-hydrogen) atoms. The third-order valence-corrected chi connectivity index (χ3v) is 8.83. The number of rotatable bonds is 4. The number of benzene rings is 3. The monoisotopic (exact) mass is 564 g/mol. The van der Waals surface area contributed by atoms with Crippen LogP contribution in [0.5, 0.6) is 23.0 Å². The van der Waals surface area contributed by atoms with Crippen LogP contribution in [0, 0.1) is 0 Å². The second-order valence-corrected chi connectivity index (χ2v) is 13.5. The lowest BCUT2D eigenvalue weighted by Gasteiger charge is -2.35. The molecule has 0 saturated carbocycles. The van der Waals surface area contributed by atoms with Gasteiger partial charge in [0.15, 0.2) is 0 Å². The van der Waals surface area contributed by atoms with Crippen molar-refractivity contribution in [2.75, 3.05) is 0 Å². The molecule has 4 nitrogen and oxygen atoms in total. The van der Waals surface area contributed by atoms with E-state index in [1.165, 1.54) is 16.7 Å². The van der Waals surface area contributed by atoms with Crippen LogP contribution in [0.15, 0.2) is 85.2 Å². The summed E-state index contributed by atoms with van der Waals surface area (Å²) in [6.07, 6.45) is 3.83. The summed E-state index contributed by atoms with van der Waals surface area (Å²) in [7, 11) is 0. The van der Waals surface area contributed by atoms with Crippen molar-refractivity contribution in [3.63, 3.8) is 0 Å². The summed E-state index contributed by atoms with van der Waals surface area (Å²) in [4.78, 5) is 9.51. The predicted molar refractivity (Wildman–Crippen MR) is 177 cm³/mol. The summed E-state index contributed by atoms with van der Waals surface area (Å²) in [5.41, 5.74) is 11.1. The van der Waals surface area contributed by atoms with E-state index < -0.39 is 0 Å². The molecule has 0 spiro atoms. The Morgan fingerprint density at radius 2 is 1.05 bits per heavy atom. The van der Waals surface area contributed by atoms with Crippen LogP contribution in [0.3, 0.4) is 0 Å². The van der Waals surface area contributed by atoms with Gasteiger partial charge in [-0.1, -0.05) is 60.6 Å². The van der Waals surface area contributed by atoms with Gasteiger partial charge in [0.2, 0.25) is 0 Å². The molecule has 7 rings (SSSR count). The van der Waals surface area contributed by atoms with Crippen LogP contribution in [0.25, 0.3) is 22.5 Å². The number of pyridine rings is 2. The standard InChI is InChI=1S/C38H37BN2O2/c1-22(2)24-12-14-40-31(18-24)26-8-10-33-29(16-26)39-30-17-27(32-19-25(23(3)4)13-15-41-32)9-11-34(30)43-36-21-28(38(5,6)7)20-35(42-33)37(36)39/h8-23H,1-7H3. The van der Waals surface area contributed by atoms with Crippen molar-refractivity contribution in [2.45, 2.75) is 65.7 Å². The smallest absolute Gasteiger partial charge is 0.260 e. The first-order valence-electron chi connectivity index (χ1n) is 15.3. The van der Waals surface area contributed by atoms with Crippen LogP contribution in [0.2, 0.25) is 0 Å². The van der Waals surface area contributed by atoms with E-state index in [9.17, 15) is 0 Å². The summed E-state index contributed by atoms with van der Waals surface area (Å²) >= 11 is 0. The maximum atomic E-state index is 6.67. The maximum Gasteiger partial charge on any atom is 0.260 e. The van der Waals surface area contributed by atoms with Gasteiger partial charge in [0.1, 0.15) is 23.0 Å². The lowest BCUT2D eigenvalue weighted by Crippen LogP contribution is -2.57. The van der Waals surface area contributed by atoms with Crippen LogP contribution in [0.4, 0.5) is 0 Å². The largest absolute Gasteiger partial charge is 0.458 e. The average Bonchev–Trinajstić information content (AvgIpc) is 3.00. The van der Waals surface area contributed by atoms with E-state index >= 15 is 0 Å². The van der Waals surface area contributed by atoms with Crippen molar-refractivity contribution in [1.82, 2.24) is 9.97 Å². The molecule has 214 valence electrons. The predicted octanol–water partition coefficient (Wildman–Crippen LogP) is 8.08. The van der Waals surface area contributed by atoms with E-state index in [1.54, 1.807) is 0 Å². The third kappa shape index (κ3) is 4.81. The molecule has 2 aliphatic rings. The molecule has 0 amide bonds. The molecule has 0 saturated heterocycles. The average molecular weight is 565 g/mol. The summed E-state index contributed by atoms with van der Waals surface area (Å²) in [5.74, 6) is 4.33. The van der Waals surface area contributed by atoms with E-state index in [-0.39, 0.29) is 12.1 Å². The minimum atomic E-state index is -0.0534. The molecule has 3 aromatic carbocycles. The number of hydrogen-bond acceptors (Lipinski definition) is 4. The van der Waals surface area contributed by atoms with Gasteiger partial charge in [-0.15, -0.1) is 0 Å². The van der Waals surface area contributed by atoms with E-state index in [1.807, 2.05) is 12.4 Å². The fraction of sp³-hybridized carbons (Fsp3) is 0.263. The van der Waals surface area contributed by atoms with Crippen molar-refractivity contribution < 1.29 is 9.47 Å². The van der Waals surface area contributed by atoms with Gasteiger partial charge in [0, 0.05) is 17.9 Å². The fourth-order valence-electron chi connectivity index (χ4n) is 6.18. The van der Waals surface area contributed by atoms with Crippen LogP contribution in [-0.2, 0) is 5.41 Å². The molecular weight excluding hydrogens is 527 g/mol. The number of aromatic nitrogens is 2. The molecule has 0 unspecified atom stereocenters. The lowest BCUT2D eigenvalue weighted by molar-refractivity contribution is 0.458. The molecule has 5 aromatic rings. The number of fused-ring (bicyclic) bond motifs is 4. The Kier molecular flexibility index (Phi) is 6.46. The maximum absolute atomic E-state index is 6.67. The summed E-state index contributed by atoms with van der Waals surface area (Å²) in [6, 6.07) is 26.0. The van der Waals surface area contributed by atoms with Gasteiger partial charge in [-0.25, -0.2) is 0 Å². The Labute approximate surface area is 255 Å². The van der Waals surface area contributed by atoms with Gasteiger partial charge in [-0.05, 0) is 117 Å². The van der Waals surface area contributed by atoms with Gasteiger partial charge >= 0.3 is 0 Å². The Balaban J connectivity index is 1.43. The number of hydrogen-bond donors (Lipinski definition) is 0. The van der Waals surface area contributed by atoms with Gasteiger partial charge in [0.05, 0.1) is 11.4 Å². The first-order valence-corrected chi connectivity index (χ1v) is 15.3. The zero-order chi connectivity index (χ0) is 30.0. The highest BCUT2D eigenvalue weighted by molar-refractivity contribution is 6.98. The number of ether oxygens (including phenoxy) is 2. The molecular formula is C38H37BN2O2. The van der Waals surface area contributed by atoms with Gasteiger partial charge in [-0.2, -0.15) is 0 Å². The highest BCUT2D eigenvalue weighted by atomic mass is 16.5. The van der Waals surface area contributed by atoms with Gasteiger partial charge in [-0.3, -0.25) is 9.97 Å². The first kappa shape index (κ1) is 27.5. The van der Waals surface area contributed by atoms with E-state index in [0.29, 0.717) is 11.8 Å². The molecule has 2 aliphatic heterocycles. The first-order chi connectivity index (χ1) is 20.6. The molecule has 0 aliphatic carbocycles. The molecule has 5 heteroatoms. The Bertz CT molecular complexity index is 1760. The van der Waals surface area contributed by atoms with Crippen LogP contribution < -0.4 is 25.9 Å².